The van der Waals surface area contributed by atoms with Crippen molar-refractivity contribution in [3.8, 4) is 0 Å². The Morgan fingerprint density at radius 2 is 0.920 bits per heavy atom. The first kappa shape index (κ1) is 27.3. The van der Waals surface area contributed by atoms with E-state index in [0.717, 1.165) is 0 Å². The second kappa shape index (κ2) is 14.2. The molecule has 0 amide bonds. The quantitative estimate of drug-likeness (QED) is 0.193. The minimum Gasteiger partial charge on any atom is -0.418 e. The maximum atomic E-state index is 9.75. The Balaban J connectivity index is 0. The number of nitrogens with one attached hydrogen (secondary N) is 3. The van der Waals surface area contributed by atoms with Crippen LogP contribution in [-0.2, 0) is 0 Å². The van der Waals surface area contributed by atoms with E-state index in [1.807, 2.05) is 9.24 Å². The van der Waals surface area contributed by atoms with Crippen molar-refractivity contribution in [2.75, 3.05) is 0 Å². The number of hydrogen-bond donors (Lipinski definition) is 3. The molecule has 0 aliphatic rings. The van der Waals surface area contributed by atoms with Gasteiger partial charge in [0.25, 0.3) is 0 Å². The Hall–Kier alpha value is 0.0949. The Morgan fingerprint density at radius 1 is 0.720 bits per heavy atom. The standard InChI is InChI=1S/C16H38N3P.BF4/c1-7-10-13(4)17-16(20,18-14(5)11-8-2)19-15(6)12-9-3;2-1(3,4)5/h13-15,17-19H,7-12,20H2,1-6H3;/q;-1/p+1. The number of hydrogen-bond acceptors (Lipinski definition) is 3. The highest BCUT2D eigenvalue weighted by Crippen LogP contribution is 2.15. The maximum absolute atomic E-state index is 9.75. The van der Waals surface area contributed by atoms with E-state index in [4.69, 9.17) is 0 Å². The van der Waals surface area contributed by atoms with Gasteiger partial charge in [-0.2, -0.15) is 0 Å². The van der Waals surface area contributed by atoms with Crippen LogP contribution in [0.4, 0.5) is 17.3 Å². The van der Waals surface area contributed by atoms with Crippen molar-refractivity contribution in [2.45, 2.75) is 104 Å². The van der Waals surface area contributed by atoms with Gasteiger partial charge in [-0.1, -0.05) is 40.0 Å². The van der Waals surface area contributed by atoms with Crippen molar-refractivity contribution >= 4 is 16.5 Å². The van der Waals surface area contributed by atoms with Crippen LogP contribution in [0.3, 0.4) is 0 Å². The molecule has 25 heavy (non-hydrogen) atoms. The lowest BCUT2D eigenvalue weighted by Gasteiger charge is -2.36. The van der Waals surface area contributed by atoms with Crippen molar-refractivity contribution in [1.29, 1.82) is 0 Å². The summed E-state index contributed by atoms with van der Waals surface area (Å²) in [5.74, 6) is 0. The van der Waals surface area contributed by atoms with Gasteiger partial charge >= 0.3 is 7.25 Å². The van der Waals surface area contributed by atoms with Gasteiger partial charge in [-0.3, -0.25) is 16.0 Å². The van der Waals surface area contributed by atoms with Crippen LogP contribution in [0.1, 0.15) is 80.1 Å². The highest BCUT2D eigenvalue weighted by molar-refractivity contribution is 7.18. The van der Waals surface area contributed by atoms with Gasteiger partial charge in [0.05, 0.1) is 0 Å². The molecule has 0 heterocycles. The van der Waals surface area contributed by atoms with E-state index < -0.39 is 7.25 Å². The zero-order valence-electron chi connectivity index (χ0n) is 16.8. The third-order valence-corrected chi connectivity index (χ3v) is 4.26. The van der Waals surface area contributed by atoms with Gasteiger partial charge in [-0.05, 0) is 40.0 Å². The Kier molecular flexibility index (Phi) is 15.5. The van der Waals surface area contributed by atoms with E-state index in [-0.39, 0.29) is 5.53 Å². The smallest absolute Gasteiger partial charge is 0.418 e. The first-order valence-electron chi connectivity index (χ1n) is 9.42. The molecule has 0 spiro atoms. The van der Waals surface area contributed by atoms with E-state index in [1.54, 1.807) is 0 Å². The lowest BCUT2D eigenvalue weighted by Crippen LogP contribution is -2.67. The molecule has 4 unspecified atom stereocenters. The third-order valence-electron chi connectivity index (χ3n) is 3.64. The zero-order valence-corrected chi connectivity index (χ0v) is 18.2. The molecule has 0 aromatic rings. The minimum absolute atomic E-state index is 0.155. The van der Waals surface area contributed by atoms with Gasteiger partial charge in [-0.25, -0.2) is 0 Å². The van der Waals surface area contributed by atoms with Crippen LogP contribution in [0.15, 0.2) is 0 Å². The van der Waals surface area contributed by atoms with Crippen LogP contribution in [0.2, 0.25) is 0 Å². The fraction of sp³-hybridized carbons (Fsp3) is 1.00. The van der Waals surface area contributed by atoms with Crippen LogP contribution < -0.4 is 16.0 Å². The van der Waals surface area contributed by atoms with Gasteiger partial charge in [0.2, 0.25) is 5.53 Å². The van der Waals surface area contributed by atoms with Gasteiger partial charge in [0.1, 0.15) is 0 Å². The summed E-state index contributed by atoms with van der Waals surface area (Å²) in [6.45, 7) is 13.6. The summed E-state index contributed by atoms with van der Waals surface area (Å²) >= 11 is 0. The minimum atomic E-state index is -6.00. The van der Waals surface area contributed by atoms with Crippen molar-refractivity contribution in [3.63, 3.8) is 0 Å². The molecule has 4 atom stereocenters. The Bertz CT molecular complexity index is 280. The molecule has 0 rings (SSSR count). The van der Waals surface area contributed by atoms with E-state index in [9.17, 15) is 17.3 Å². The monoisotopic (exact) mass is 391 g/mol. The topological polar surface area (TPSA) is 36.1 Å². The average Bonchev–Trinajstić information content (AvgIpc) is 2.35. The second-order valence-corrected chi connectivity index (χ2v) is 7.96. The first-order chi connectivity index (χ1) is 11.4. The largest absolute Gasteiger partial charge is 0.673 e. The summed E-state index contributed by atoms with van der Waals surface area (Å²) in [6.07, 6.45) is 7.32. The van der Waals surface area contributed by atoms with Crippen LogP contribution in [-0.4, -0.2) is 30.9 Å². The lowest BCUT2D eigenvalue weighted by molar-refractivity contribution is 0.228. The fourth-order valence-electron chi connectivity index (χ4n) is 2.90. The van der Waals surface area contributed by atoms with Crippen LogP contribution >= 0.6 is 9.24 Å². The maximum Gasteiger partial charge on any atom is 0.673 e. The highest BCUT2D eigenvalue weighted by atomic mass is 31.0. The number of rotatable bonds is 12. The summed E-state index contributed by atoms with van der Waals surface area (Å²) < 4.78 is 39.0. The predicted molar refractivity (Wildman–Crippen MR) is 107 cm³/mol. The SMILES string of the molecule is CCCC(C)NC([PH3+])(NC(C)CCC)NC(C)CCC.F[B-](F)(F)F. The normalized spacial score (nSPS) is 18.0. The molecule has 3 nitrogen and oxygen atoms in total. The van der Waals surface area contributed by atoms with Gasteiger partial charge in [-0.15, -0.1) is 0 Å². The Labute approximate surface area is 154 Å². The predicted octanol–water partition coefficient (Wildman–Crippen LogP) is 4.84. The molecular weight excluding hydrogens is 352 g/mol. The summed E-state index contributed by atoms with van der Waals surface area (Å²) in [5.41, 5.74) is -0.155. The third kappa shape index (κ3) is 20.3. The van der Waals surface area contributed by atoms with E-state index in [0.29, 0.717) is 18.1 Å². The Morgan fingerprint density at radius 3 is 1.08 bits per heavy atom. The van der Waals surface area contributed by atoms with Gasteiger partial charge < -0.3 is 17.3 Å². The van der Waals surface area contributed by atoms with Crippen LogP contribution in [0.5, 0.6) is 0 Å². The van der Waals surface area contributed by atoms with E-state index in [1.165, 1.54) is 38.5 Å². The molecule has 0 fully saturated rings. The molecule has 3 N–H and O–H groups in total. The average molecular weight is 391 g/mol. The van der Waals surface area contributed by atoms with Crippen LogP contribution in [0.25, 0.3) is 0 Å². The molecule has 0 bridgehead atoms. The van der Waals surface area contributed by atoms with Crippen molar-refractivity contribution in [2.24, 2.45) is 0 Å². The summed E-state index contributed by atoms with van der Waals surface area (Å²) in [4.78, 5) is 0. The molecule has 0 radical (unpaired) electrons. The molecule has 9 heteroatoms. The van der Waals surface area contributed by atoms with E-state index in [2.05, 4.69) is 57.5 Å². The molecule has 0 saturated carbocycles. The molecule has 0 aromatic heterocycles. The molecule has 0 aliphatic carbocycles. The van der Waals surface area contributed by atoms with E-state index >= 15 is 0 Å². The van der Waals surface area contributed by atoms with Crippen molar-refractivity contribution < 1.29 is 17.3 Å². The summed E-state index contributed by atoms with van der Waals surface area (Å²) in [5, 5.41) is 11.3. The summed E-state index contributed by atoms with van der Waals surface area (Å²) in [6, 6.07) is 1.58. The first-order valence-corrected chi connectivity index (χ1v) is 10.1. The second-order valence-electron chi connectivity index (χ2n) is 6.90. The molecule has 0 saturated heterocycles. The van der Waals surface area contributed by atoms with Gasteiger partial charge in [0, 0.05) is 27.4 Å². The summed E-state index contributed by atoms with van der Waals surface area (Å²) in [7, 11) is -3.99. The van der Waals surface area contributed by atoms with Crippen LogP contribution in [0, 0.1) is 0 Å². The zero-order chi connectivity index (χ0) is 20.1. The molecule has 0 aromatic carbocycles. The van der Waals surface area contributed by atoms with Crippen molar-refractivity contribution in [3.05, 3.63) is 0 Å². The van der Waals surface area contributed by atoms with Crippen molar-refractivity contribution in [1.82, 2.24) is 16.0 Å². The molecule has 0 aliphatic heterocycles. The number of halogens is 4. The van der Waals surface area contributed by atoms with Gasteiger partial charge in [0.15, 0.2) is 0 Å². The molecular formula is C16H39BF4N3P. The lowest BCUT2D eigenvalue weighted by atomic mass is 10.1. The molecule has 154 valence electrons. The fourth-order valence-corrected chi connectivity index (χ4v) is 3.95. The highest BCUT2D eigenvalue weighted by Gasteiger charge is 2.33.